The number of para-hydroxylation sites is 1. The molecule has 5 atom stereocenters. The molecule has 8 nitrogen and oxygen atoms in total. The number of aliphatic hydroxyl groups is 4. The molecule has 0 unspecified atom stereocenters. The first-order valence-corrected chi connectivity index (χ1v) is 9.17. The average Bonchev–Trinajstić information content (AvgIpc) is 2.75. The molecule has 1 saturated heterocycles. The number of aliphatic hydroxyl groups excluding tert-OH is 4. The molecule has 1 fully saturated rings. The largest absolute Gasteiger partial charge is 0.465 e. The van der Waals surface area contributed by atoms with E-state index in [0.29, 0.717) is 17.7 Å². The smallest absolute Gasteiger partial charge is 0.337 e. The zero-order chi connectivity index (χ0) is 21.0. The van der Waals surface area contributed by atoms with Crippen LogP contribution < -0.4 is 4.74 Å². The van der Waals surface area contributed by atoms with Crippen molar-refractivity contribution in [2.24, 2.45) is 0 Å². The van der Waals surface area contributed by atoms with E-state index in [2.05, 4.69) is 4.74 Å². The minimum atomic E-state index is -1.51. The van der Waals surface area contributed by atoms with Crippen molar-refractivity contribution in [3.05, 3.63) is 65.2 Å². The average molecular weight is 404 g/mol. The number of benzene rings is 2. The van der Waals surface area contributed by atoms with E-state index in [0.717, 1.165) is 11.1 Å². The molecule has 4 N–H and O–H groups in total. The number of carbonyl (C=O) groups is 1. The third-order valence-electron chi connectivity index (χ3n) is 4.83. The second-order valence-corrected chi connectivity index (χ2v) is 6.79. The van der Waals surface area contributed by atoms with Crippen LogP contribution in [0.25, 0.3) is 0 Å². The number of carbonyl (C=O) groups excluding carboxylic acids is 1. The second kappa shape index (κ2) is 9.34. The summed E-state index contributed by atoms with van der Waals surface area (Å²) in [6, 6.07) is 14.1. The molecule has 1 aliphatic rings. The molecule has 8 heteroatoms. The first-order valence-electron chi connectivity index (χ1n) is 9.17. The fourth-order valence-electron chi connectivity index (χ4n) is 3.15. The zero-order valence-corrected chi connectivity index (χ0v) is 15.8. The van der Waals surface area contributed by atoms with Gasteiger partial charge in [0.1, 0.15) is 30.2 Å². The predicted molar refractivity (Wildman–Crippen MR) is 101 cm³/mol. The van der Waals surface area contributed by atoms with Gasteiger partial charge in [-0.25, -0.2) is 4.79 Å². The van der Waals surface area contributed by atoms with E-state index >= 15 is 0 Å². The summed E-state index contributed by atoms with van der Waals surface area (Å²) >= 11 is 0. The summed E-state index contributed by atoms with van der Waals surface area (Å²) in [6.07, 6.45) is -6.26. The lowest BCUT2D eigenvalue weighted by Crippen LogP contribution is -2.60. The number of methoxy groups -OCH3 is 1. The van der Waals surface area contributed by atoms with Crippen molar-refractivity contribution < 1.29 is 39.4 Å². The maximum Gasteiger partial charge on any atom is 0.337 e. The number of ether oxygens (including phenoxy) is 3. The van der Waals surface area contributed by atoms with Gasteiger partial charge in [-0.15, -0.1) is 0 Å². The fourth-order valence-corrected chi connectivity index (χ4v) is 3.15. The summed E-state index contributed by atoms with van der Waals surface area (Å²) in [5.41, 5.74) is 2.15. The first-order chi connectivity index (χ1) is 13.9. The Hall–Kier alpha value is -2.49. The quantitative estimate of drug-likeness (QED) is 0.505. The van der Waals surface area contributed by atoms with Gasteiger partial charge in [-0.2, -0.15) is 0 Å². The van der Waals surface area contributed by atoms with Crippen LogP contribution in [-0.4, -0.2) is 70.8 Å². The molecule has 2 aromatic carbocycles. The molecule has 0 amide bonds. The lowest BCUT2D eigenvalue weighted by molar-refractivity contribution is -0.277. The maximum absolute atomic E-state index is 11.6. The van der Waals surface area contributed by atoms with Gasteiger partial charge in [0.25, 0.3) is 0 Å². The van der Waals surface area contributed by atoms with Crippen LogP contribution in [0.15, 0.2) is 48.5 Å². The van der Waals surface area contributed by atoms with Crippen LogP contribution in [0.1, 0.15) is 21.5 Å². The van der Waals surface area contributed by atoms with Gasteiger partial charge in [0.05, 0.1) is 19.3 Å². The Morgan fingerprint density at radius 3 is 2.34 bits per heavy atom. The van der Waals surface area contributed by atoms with E-state index in [4.69, 9.17) is 9.47 Å². The van der Waals surface area contributed by atoms with Crippen LogP contribution >= 0.6 is 0 Å². The molecule has 0 saturated carbocycles. The van der Waals surface area contributed by atoms with E-state index < -0.39 is 43.3 Å². The molecular formula is C21H24O8. The van der Waals surface area contributed by atoms with Crippen LogP contribution in [0.2, 0.25) is 0 Å². The molecular weight excluding hydrogens is 380 g/mol. The molecule has 2 aromatic rings. The Balaban J connectivity index is 1.76. The molecule has 156 valence electrons. The Kier molecular flexibility index (Phi) is 6.83. The lowest BCUT2D eigenvalue weighted by Gasteiger charge is -2.39. The van der Waals surface area contributed by atoms with Crippen molar-refractivity contribution in [1.29, 1.82) is 0 Å². The van der Waals surface area contributed by atoms with Crippen LogP contribution in [0.5, 0.6) is 5.75 Å². The summed E-state index contributed by atoms with van der Waals surface area (Å²) in [6.45, 7) is -0.529. The molecule has 0 radical (unpaired) electrons. The van der Waals surface area contributed by atoms with Crippen LogP contribution in [0.4, 0.5) is 0 Å². The summed E-state index contributed by atoms with van der Waals surface area (Å²) in [5, 5.41) is 39.3. The minimum absolute atomic E-state index is 0.414. The van der Waals surface area contributed by atoms with Crippen molar-refractivity contribution >= 4 is 5.97 Å². The van der Waals surface area contributed by atoms with Crippen molar-refractivity contribution in [2.75, 3.05) is 13.7 Å². The number of hydrogen-bond donors (Lipinski definition) is 4. The van der Waals surface area contributed by atoms with Crippen LogP contribution in [0, 0.1) is 0 Å². The SMILES string of the molecule is COC(=O)c1ccc(Cc2ccccc2O[C@H]2O[C@H](CO)[C@@H](O)[C@H](O)[C@H]2O)cc1. The normalized spacial score (nSPS) is 26.7. The van der Waals surface area contributed by atoms with Gasteiger partial charge in [-0.1, -0.05) is 30.3 Å². The van der Waals surface area contributed by atoms with E-state index in [1.165, 1.54) is 7.11 Å². The van der Waals surface area contributed by atoms with Gasteiger partial charge in [-0.3, -0.25) is 0 Å². The summed E-state index contributed by atoms with van der Waals surface area (Å²) < 4.78 is 15.9. The third kappa shape index (κ3) is 4.75. The molecule has 1 aliphatic heterocycles. The van der Waals surface area contributed by atoms with E-state index in [1.807, 2.05) is 12.1 Å². The third-order valence-corrected chi connectivity index (χ3v) is 4.83. The highest BCUT2D eigenvalue weighted by Crippen LogP contribution is 2.28. The van der Waals surface area contributed by atoms with E-state index in [9.17, 15) is 25.2 Å². The second-order valence-electron chi connectivity index (χ2n) is 6.79. The monoisotopic (exact) mass is 404 g/mol. The molecule has 1 heterocycles. The van der Waals surface area contributed by atoms with Crippen molar-refractivity contribution in [2.45, 2.75) is 37.1 Å². The Morgan fingerprint density at radius 1 is 1.00 bits per heavy atom. The van der Waals surface area contributed by atoms with Gasteiger partial charge in [0, 0.05) is 6.42 Å². The number of hydrogen-bond acceptors (Lipinski definition) is 8. The van der Waals surface area contributed by atoms with E-state index in [1.54, 1.807) is 36.4 Å². The molecule has 3 rings (SSSR count). The lowest BCUT2D eigenvalue weighted by atomic mass is 9.99. The Bertz CT molecular complexity index is 820. The summed E-state index contributed by atoms with van der Waals surface area (Å²) in [7, 11) is 1.32. The maximum atomic E-state index is 11.6. The van der Waals surface area contributed by atoms with Gasteiger partial charge in [0.2, 0.25) is 6.29 Å². The van der Waals surface area contributed by atoms with Gasteiger partial charge < -0.3 is 34.6 Å². The van der Waals surface area contributed by atoms with Gasteiger partial charge in [0.15, 0.2) is 0 Å². The highest BCUT2D eigenvalue weighted by atomic mass is 16.7. The summed E-state index contributed by atoms with van der Waals surface area (Å²) in [5.74, 6) is 0.0109. The zero-order valence-electron chi connectivity index (χ0n) is 15.8. The molecule has 0 spiro atoms. The fraction of sp³-hybridized carbons (Fsp3) is 0.381. The number of esters is 1. The predicted octanol–water partition coefficient (Wildman–Crippen LogP) is 0.243. The highest BCUT2D eigenvalue weighted by Gasteiger charge is 2.44. The molecule has 29 heavy (non-hydrogen) atoms. The standard InChI is InChI=1S/C21H24O8/c1-27-20(26)13-8-6-12(7-9-13)10-14-4-2-3-5-15(14)28-21-19(25)18(24)17(23)16(11-22)29-21/h2-9,16-19,21-25H,10-11H2,1H3/t16-,17-,18+,19-,21+/m1/s1. The van der Waals surface area contributed by atoms with Crippen molar-refractivity contribution in [1.82, 2.24) is 0 Å². The highest BCUT2D eigenvalue weighted by molar-refractivity contribution is 5.89. The molecule has 0 bridgehead atoms. The van der Waals surface area contributed by atoms with Crippen molar-refractivity contribution in [3.8, 4) is 5.75 Å². The van der Waals surface area contributed by atoms with Gasteiger partial charge >= 0.3 is 5.97 Å². The number of rotatable bonds is 6. The minimum Gasteiger partial charge on any atom is -0.465 e. The first kappa shape index (κ1) is 21.2. The molecule has 0 aromatic heterocycles. The Morgan fingerprint density at radius 2 is 1.69 bits per heavy atom. The summed E-state index contributed by atoms with van der Waals surface area (Å²) in [4.78, 5) is 11.6. The topological polar surface area (TPSA) is 126 Å². The molecule has 0 aliphatic carbocycles. The van der Waals surface area contributed by atoms with E-state index in [-0.39, 0.29) is 0 Å². The van der Waals surface area contributed by atoms with Crippen LogP contribution in [0.3, 0.4) is 0 Å². The van der Waals surface area contributed by atoms with Crippen LogP contribution in [-0.2, 0) is 15.9 Å². The Labute approximate surface area is 167 Å². The van der Waals surface area contributed by atoms with Crippen molar-refractivity contribution in [3.63, 3.8) is 0 Å². The van der Waals surface area contributed by atoms with Gasteiger partial charge in [-0.05, 0) is 29.3 Å².